The van der Waals surface area contributed by atoms with Gasteiger partial charge in [0.15, 0.2) is 5.84 Å². The molecule has 0 bridgehead atoms. The van der Waals surface area contributed by atoms with Crippen LogP contribution in [0.15, 0.2) is 47.5 Å². The van der Waals surface area contributed by atoms with Gasteiger partial charge in [0.2, 0.25) is 6.23 Å². The van der Waals surface area contributed by atoms with Gasteiger partial charge in [0.25, 0.3) is 0 Å². The number of amidine groups is 1. The van der Waals surface area contributed by atoms with Crippen molar-refractivity contribution in [2.24, 2.45) is 4.99 Å². The third-order valence-electron chi connectivity index (χ3n) is 3.41. The van der Waals surface area contributed by atoms with E-state index in [4.69, 9.17) is 14.7 Å². The fourth-order valence-corrected chi connectivity index (χ4v) is 2.25. The molecular formula is C16H14N2O5. The molecule has 23 heavy (non-hydrogen) atoms. The van der Waals surface area contributed by atoms with E-state index in [0.717, 1.165) is 5.56 Å². The van der Waals surface area contributed by atoms with Gasteiger partial charge in [-0.2, -0.15) is 0 Å². The van der Waals surface area contributed by atoms with E-state index < -0.39 is 12.2 Å². The summed E-state index contributed by atoms with van der Waals surface area (Å²) < 4.78 is 5.16. The molecule has 2 aromatic rings. The molecule has 2 aromatic carbocycles. The third kappa shape index (κ3) is 2.82. The standard InChI is InChI=1S/C16H14N2O5/c1-22-10-5-2-4-9(8-10)15-17-14(18-23-15)11-6-3-7-12(13(11)19)16(20)21/h2-8,15,19H,1H3,(H,17,18)(H,20,21). The van der Waals surface area contributed by atoms with Gasteiger partial charge < -0.3 is 14.9 Å². The Morgan fingerprint density at radius 2 is 2.09 bits per heavy atom. The molecule has 118 valence electrons. The van der Waals surface area contributed by atoms with Crippen LogP contribution in [0.3, 0.4) is 0 Å². The predicted molar refractivity (Wildman–Crippen MR) is 81.6 cm³/mol. The van der Waals surface area contributed by atoms with Crippen molar-refractivity contribution < 1.29 is 24.6 Å². The maximum absolute atomic E-state index is 11.1. The first-order chi connectivity index (χ1) is 11.1. The monoisotopic (exact) mass is 314 g/mol. The van der Waals surface area contributed by atoms with E-state index in [1.165, 1.54) is 12.1 Å². The minimum Gasteiger partial charge on any atom is -0.506 e. The molecule has 0 radical (unpaired) electrons. The SMILES string of the molecule is COc1cccc(C2N=C(c3cccc(C(=O)O)c3O)NO2)c1. The number of rotatable bonds is 4. The maximum atomic E-state index is 11.1. The van der Waals surface area contributed by atoms with Gasteiger partial charge in [0.1, 0.15) is 17.1 Å². The zero-order valence-electron chi connectivity index (χ0n) is 12.2. The van der Waals surface area contributed by atoms with Crippen LogP contribution in [0, 0.1) is 0 Å². The van der Waals surface area contributed by atoms with E-state index in [0.29, 0.717) is 5.75 Å². The Hall–Kier alpha value is -3.06. The highest BCUT2D eigenvalue weighted by Gasteiger charge is 2.24. The third-order valence-corrected chi connectivity index (χ3v) is 3.41. The van der Waals surface area contributed by atoms with Gasteiger partial charge in [-0.15, -0.1) is 0 Å². The van der Waals surface area contributed by atoms with Crippen LogP contribution in [0.25, 0.3) is 0 Å². The maximum Gasteiger partial charge on any atom is 0.339 e. The van der Waals surface area contributed by atoms with E-state index in [1.54, 1.807) is 25.3 Å². The Labute approximate surface area is 131 Å². The number of aliphatic imine (C=N–C) groups is 1. The number of nitrogens with zero attached hydrogens (tertiary/aromatic N) is 1. The van der Waals surface area contributed by atoms with Gasteiger partial charge in [0.05, 0.1) is 12.7 Å². The number of hydroxylamine groups is 1. The van der Waals surface area contributed by atoms with Gasteiger partial charge >= 0.3 is 5.97 Å². The molecule has 0 saturated heterocycles. The number of para-hydroxylation sites is 1. The molecule has 0 saturated carbocycles. The van der Waals surface area contributed by atoms with Crippen LogP contribution in [0.4, 0.5) is 0 Å². The van der Waals surface area contributed by atoms with Crippen molar-refractivity contribution in [1.29, 1.82) is 0 Å². The zero-order chi connectivity index (χ0) is 16.4. The highest BCUT2D eigenvalue weighted by Crippen LogP contribution is 2.29. The number of hydrogen-bond acceptors (Lipinski definition) is 6. The largest absolute Gasteiger partial charge is 0.506 e. The number of nitrogens with one attached hydrogen (secondary N) is 1. The molecular weight excluding hydrogens is 300 g/mol. The quantitative estimate of drug-likeness (QED) is 0.799. The van der Waals surface area contributed by atoms with Crippen LogP contribution in [-0.2, 0) is 4.84 Å². The van der Waals surface area contributed by atoms with Crippen LogP contribution in [0.2, 0.25) is 0 Å². The summed E-state index contributed by atoms with van der Waals surface area (Å²) in [7, 11) is 1.57. The molecule has 0 amide bonds. The van der Waals surface area contributed by atoms with Crippen molar-refractivity contribution in [3.63, 3.8) is 0 Å². The summed E-state index contributed by atoms with van der Waals surface area (Å²) in [5, 5.41) is 19.1. The van der Waals surface area contributed by atoms with E-state index in [1.807, 2.05) is 12.1 Å². The zero-order valence-corrected chi connectivity index (χ0v) is 12.2. The smallest absolute Gasteiger partial charge is 0.339 e. The van der Waals surface area contributed by atoms with Crippen LogP contribution >= 0.6 is 0 Å². The molecule has 3 N–H and O–H groups in total. The van der Waals surface area contributed by atoms with Crippen molar-refractivity contribution in [1.82, 2.24) is 5.48 Å². The highest BCUT2D eigenvalue weighted by molar-refractivity contribution is 6.04. The number of phenols is 1. The Bertz CT molecular complexity index is 788. The van der Waals surface area contributed by atoms with E-state index >= 15 is 0 Å². The minimum absolute atomic E-state index is 0.197. The summed E-state index contributed by atoms with van der Waals surface area (Å²) in [5.74, 6) is -0.641. The molecule has 7 heteroatoms. The van der Waals surface area contributed by atoms with Crippen LogP contribution in [-0.4, -0.2) is 29.1 Å². The van der Waals surface area contributed by atoms with Crippen molar-refractivity contribution in [2.75, 3.05) is 7.11 Å². The molecule has 1 heterocycles. The average Bonchev–Trinajstić information content (AvgIpc) is 3.04. The number of ether oxygens (including phenoxy) is 1. The predicted octanol–water partition coefficient (Wildman–Crippen LogP) is 2.08. The molecule has 1 unspecified atom stereocenters. The topological polar surface area (TPSA) is 100 Å². The number of aromatic carboxylic acids is 1. The van der Waals surface area contributed by atoms with Gasteiger partial charge in [-0.3, -0.25) is 0 Å². The Kier molecular flexibility index (Phi) is 3.86. The first kappa shape index (κ1) is 14.9. The molecule has 0 aliphatic carbocycles. The minimum atomic E-state index is -1.21. The Morgan fingerprint density at radius 3 is 2.83 bits per heavy atom. The second-order valence-electron chi connectivity index (χ2n) is 4.83. The molecule has 1 aliphatic rings. The van der Waals surface area contributed by atoms with Crippen LogP contribution in [0.1, 0.15) is 27.7 Å². The van der Waals surface area contributed by atoms with E-state index in [9.17, 15) is 9.90 Å². The summed E-state index contributed by atoms with van der Waals surface area (Å²) in [6.45, 7) is 0. The lowest BCUT2D eigenvalue weighted by Gasteiger charge is -2.07. The van der Waals surface area contributed by atoms with Crippen LogP contribution in [0.5, 0.6) is 11.5 Å². The molecule has 3 rings (SSSR count). The summed E-state index contributed by atoms with van der Waals surface area (Å²) in [4.78, 5) is 20.8. The van der Waals surface area contributed by atoms with E-state index in [-0.39, 0.29) is 22.7 Å². The summed E-state index contributed by atoms with van der Waals surface area (Å²) in [5.41, 5.74) is 3.45. The number of hydrogen-bond donors (Lipinski definition) is 3. The Balaban J connectivity index is 1.94. The summed E-state index contributed by atoms with van der Waals surface area (Å²) in [6.07, 6.45) is -0.618. The van der Waals surface area contributed by atoms with Crippen molar-refractivity contribution in [3.8, 4) is 11.5 Å². The van der Waals surface area contributed by atoms with Crippen molar-refractivity contribution >= 4 is 11.8 Å². The fourth-order valence-electron chi connectivity index (χ4n) is 2.25. The van der Waals surface area contributed by atoms with E-state index in [2.05, 4.69) is 10.5 Å². The lowest BCUT2D eigenvalue weighted by molar-refractivity contribution is 0.0375. The van der Waals surface area contributed by atoms with Crippen LogP contribution < -0.4 is 10.2 Å². The second kappa shape index (κ2) is 5.98. The van der Waals surface area contributed by atoms with Crippen molar-refractivity contribution in [2.45, 2.75) is 6.23 Å². The number of methoxy groups -OCH3 is 1. The number of benzene rings is 2. The number of carboxylic acid groups (broad SMARTS) is 1. The molecule has 0 aromatic heterocycles. The number of aromatic hydroxyl groups is 1. The average molecular weight is 314 g/mol. The lowest BCUT2D eigenvalue weighted by atomic mass is 10.1. The molecule has 0 spiro atoms. The molecule has 1 atom stereocenters. The molecule has 0 fully saturated rings. The second-order valence-corrected chi connectivity index (χ2v) is 4.83. The fraction of sp³-hybridized carbons (Fsp3) is 0.125. The molecule has 7 nitrogen and oxygen atoms in total. The van der Waals surface area contributed by atoms with Gasteiger partial charge in [-0.1, -0.05) is 18.2 Å². The summed E-state index contributed by atoms with van der Waals surface area (Å²) >= 11 is 0. The lowest BCUT2D eigenvalue weighted by Crippen LogP contribution is -2.18. The van der Waals surface area contributed by atoms with Gasteiger partial charge in [-0.25, -0.2) is 20.1 Å². The Morgan fingerprint density at radius 1 is 1.30 bits per heavy atom. The first-order valence-corrected chi connectivity index (χ1v) is 6.79. The van der Waals surface area contributed by atoms with Gasteiger partial charge in [-0.05, 0) is 24.3 Å². The van der Waals surface area contributed by atoms with Gasteiger partial charge in [0, 0.05) is 5.56 Å². The highest BCUT2D eigenvalue weighted by atomic mass is 16.7. The molecule has 1 aliphatic heterocycles. The normalized spacial score (nSPS) is 16.6. The first-order valence-electron chi connectivity index (χ1n) is 6.79. The number of carboxylic acids is 1. The van der Waals surface area contributed by atoms with Crippen molar-refractivity contribution in [3.05, 3.63) is 59.2 Å². The number of carbonyl (C=O) groups is 1. The summed E-state index contributed by atoms with van der Waals surface area (Å²) in [6, 6.07) is 11.6.